The molecular weight excluding hydrogens is 262 g/mol. The number of hydrogen-bond donors (Lipinski definition) is 2. The molecule has 0 fully saturated rings. The SMILES string of the molecule is CC1=C(C#N)C(c2ccc3cn[nH]c3c2)C(C#N)=C(C)N1. The van der Waals surface area contributed by atoms with Crippen molar-refractivity contribution in [3.8, 4) is 12.1 Å². The normalized spacial score (nSPS) is 15.8. The summed E-state index contributed by atoms with van der Waals surface area (Å²) in [5.41, 5.74) is 4.57. The van der Waals surface area contributed by atoms with Crippen LogP contribution in [0, 0.1) is 22.7 Å². The van der Waals surface area contributed by atoms with Crippen molar-refractivity contribution in [3.05, 3.63) is 52.5 Å². The van der Waals surface area contributed by atoms with E-state index >= 15 is 0 Å². The molecule has 2 heterocycles. The molecule has 0 spiro atoms. The van der Waals surface area contributed by atoms with Crippen LogP contribution in [0.5, 0.6) is 0 Å². The molecule has 3 rings (SSSR count). The number of allylic oxidation sites excluding steroid dienone is 4. The molecule has 102 valence electrons. The zero-order valence-electron chi connectivity index (χ0n) is 11.7. The number of dihydropyridines is 1. The summed E-state index contributed by atoms with van der Waals surface area (Å²) in [6.07, 6.45) is 1.75. The third-order valence-electron chi connectivity index (χ3n) is 3.80. The second-order valence-electron chi connectivity index (χ2n) is 5.08. The Balaban J connectivity index is 2.22. The van der Waals surface area contributed by atoms with Gasteiger partial charge in [0.1, 0.15) is 0 Å². The van der Waals surface area contributed by atoms with E-state index in [0.717, 1.165) is 27.9 Å². The highest BCUT2D eigenvalue weighted by molar-refractivity contribution is 5.79. The Hall–Kier alpha value is -3.05. The van der Waals surface area contributed by atoms with Crippen molar-refractivity contribution in [1.82, 2.24) is 15.5 Å². The predicted octanol–water partition coefficient (Wildman–Crippen LogP) is 2.84. The van der Waals surface area contributed by atoms with Crippen LogP contribution in [0.3, 0.4) is 0 Å². The van der Waals surface area contributed by atoms with Gasteiger partial charge in [-0.3, -0.25) is 5.10 Å². The highest BCUT2D eigenvalue weighted by Crippen LogP contribution is 2.37. The number of fused-ring (bicyclic) bond motifs is 1. The molecule has 0 amide bonds. The van der Waals surface area contributed by atoms with Crippen molar-refractivity contribution >= 4 is 10.9 Å². The summed E-state index contributed by atoms with van der Waals surface area (Å²) in [5.74, 6) is -0.325. The zero-order chi connectivity index (χ0) is 15.0. The van der Waals surface area contributed by atoms with Crippen LogP contribution in [0.15, 0.2) is 46.9 Å². The van der Waals surface area contributed by atoms with Gasteiger partial charge in [-0.15, -0.1) is 0 Å². The van der Waals surface area contributed by atoms with E-state index in [1.54, 1.807) is 6.20 Å². The van der Waals surface area contributed by atoms with Gasteiger partial charge in [-0.05, 0) is 25.5 Å². The molecule has 2 aromatic rings. The molecule has 0 saturated heterocycles. The molecule has 0 saturated carbocycles. The molecule has 0 unspecified atom stereocenters. The lowest BCUT2D eigenvalue weighted by Gasteiger charge is -2.26. The highest BCUT2D eigenvalue weighted by Gasteiger charge is 2.29. The van der Waals surface area contributed by atoms with E-state index < -0.39 is 0 Å². The topological polar surface area (TPSA) is 88.3 Å². The third-order valence-corrected chi connectivity index (χ3v) is 3.80. The number of hydrogen-bond acceptors (Lipinski definition) is 4. The van der Waals surface area contributed by atoms with E-state index in [0.29, 0.717) is 11.1 Å². The number of benzene rings is 1. The van der Waals surface area contributed by atoms with Crippen LogP contribution in [0.2, 0.25) is 0 Å². The third kappa shape index (κ3) is 1.96. The van der Waals surface area contributed by atoms with Crippen molar-refractivity contribution in [2.45, 2.75) is 19.8 Å². The quantitative estimate of drug-likeness (QED) is 0.837. The molecule has 1 aromatic heterocycles. The second kappa shape index (κ2) is 4.81. The van der Waals surface area contributed by atoms with Gasteiger partial charge in [-0.2, -0.15) is 15.6 Å². The van der Waals surface area contributed by atoms with Gasteiger partial charge in [0, 0.05) is 16.8 Å². The Morgan fingerprint density at radius 3 is 2.38 bits per heavy atom. The summed E-state index contributed by atoms with van der Waals surface area (Å²) in [7, 11) is 0. The van der Waals surface area contributed by atoms with Crippen molar-refractivity contribution in [1.29, 1.82) is 10.5 Å². The lowest BCUT2D eigenvalue weighted by molar-refractivity contribution is 0.814. The molecule has 2 N–H and O–H groups in total. The van der Waals surface area contributed by atoms with Crippen LogP contribution < -0.4 is 5.32 Å². The fourth-order valence-electron chi connectivity index (χ4n) is 2.76. The summed E-state index contributed by atoms with van der Waals surface area (Å²) in [4.78, 5) is 0. The smallest absolute Gasteiger partial charge is 0.0975 e. The van der Waals surface area contributed by atoms with E-state index in [4.69, 9.17) is 0 Å². The van der Waals surface area contributed by atoms with E-state index in [2.05, 4.69) is 27.7 Å². The number of aromatic amines is 1. The zero-order valence-corrected chi connectivity index (χ0v) is 11.7. The summed E-state index contributed by atoms with van der Waals surface area (Å²) in [6, 6.07) is 10.3. The fourth-order valence-corrected chi connectivity index (χ4v) is 2.76. The summed E-state index contributed by atoms with van der Waals surface area (Å²) >= 11 is 0. The maximum absolute atomic E-state index is 9.47. The van der Waals surface area contributed by atoms with Gasteiger partial charge in [-0.1, -0.05) is 12.1 Å². The summed E-state index contributed by atoms with van der Waals surface area (Å²) in [6.45, 7) is 3.72. The van der Waals surface area contributed by atoms with Gasteiger partial charge >= 0.3 is 0 Å². The van der Waals surface area contributed by atoms with Crippen LogP contribution in [-0.2, 0) is 0 Å². The Kier molecular flexibility index (Phi) is 2.97. The number of H-pyrrole nitrogens is 1. The summed E-state index contributed by atoms with van der Waals surface area (Å²) in [5, 5.41) is 30.0. The first-order chi connectivity index (χ1) is 10.2. The molecule has 0 atom stereocenters. The number of rotatable bonds is 1. The number of nitrogens with one attached hydrogen (secondary N) is 2. The molecule has 0 aliphatic carbocycles. The van der Waals surface area contributed by atoms with Crippen LogP contribution in [-0.4, -0.2) is 10.2 Å². The lowest BCUT2D eigenvalue weighted by Crippen LogP contribution is -2.23. The molecule has 5 nitrogen and oxygen atoms in total. The maximum Gasteiger partial charge on any atom is 0.0975 e. The highest BCUT2D eigenvalue weighted by atomic mass is 15.1. The first-order valence-corrected chi connectivity index (χ1v) is 6.57. The minimum Gasteiger partial charge on any atom is -0.361 e. The summed E-state index contributed by atoms with van der Waals surface area (Å²) < 4.78 is 0. The largest absolute Gasteiger partial charge is 0.361 e. The number of aromatic nitrogens is 2. The van der Waals surface area contributed by atoms with Crippen molar-refractivity contribution in [2.24, 2.45) is 0 Å². The number of nitrogens with zero attached hydrogens (tertiary/aromatic N) is 3. The van der Waals surface area contributed by atoms with Crippen molar-refractivity contribution in [3.63, 3.8) is 0 Å². The van der Waals surface area contributed by atoms with E-state index in [1.165, 1.54) is 0 Å². The van der Waals surface area contributed by atoms with E-state index in [-0.39, 0.29) is 5.92 Å². The second-order valence-corrected chi connectivity index (χ2v) is 5.08. The Morgan fingerprint density at radius 1 is 1.10 bits per heavy atom. The maximum atomic E-state index is 9.47. The van der Waals surface area contributed by atoms with Gasteiger partial charge in [0.25, 0.3) is 0 Å². The predicted molar refractivity (Wildman–Crippen MR) is 78.6 cm³/mol. The van der Waals surface area contributed by atoms with Gasteiger partial charge < -0.3 is 5.32 Å². The molecule has 0 bridgehead atoms. The fraction of sp³-hybridized carbons (Fsp3) is 0.188. The first kappa shape index (κ1) is 13.0. The monoisotopic (exact) mass is 275 g/mol. The van der Waals surface area contributed by atoms with Gasteiger partial charge in [0.05, 0.1) is 40.9 Å². The molecule has 0 radical (unpaired) electrons. The van der Waals surface area contributed by atoms with Crippen LogP contribution in [0.4, 0.5) is 0 Å². The molecule has 21 heavy (non-hydrogen) atoms. The average molecular weight is 275 g/mol. The van der Waals surface area contributed by atoms with Crippen molar-refractivity contribution in [2.75, 3.05) is 0 Å². The van der Waals surface area contributed by atoms with Gasteiger partial charge in [-0.25, -0.2) is 0 Å². The molecule has 5 heteroatoms. The lowest BCUT2D eigenvalue weighted by atomic mass is 9.81. The molecule has 1 aliphatic rings. The van der Waals surface area contributed by atoms with Crippen LogP contribution >= 0.6 is 0 Å². The molecule has 1 aromatic carbocycles. The number of nitriles is 2. The standard InChI is InChI=1S/C16H13N5/c1-9-13(6-17)16(14(7-18)10(2)20-9)11-3-4-12-8-19-21-15(12)5-11/h3-5,8,16,20H,1-2H3,(H,19,21). The minimum absolute atomic E-state index is 0.325. The van der Waals surface area contributed by atoms with Crippen LogP contribution in [0.25, 0.3) is 10.9 Å². The van der Waals surface area contributed by atoms with E-state index in [1.807, 2.05) is 32.0 Å². The Labute approximate surface area is 122 Å². The minimum atomic E-state index is -0.325. The van der Waals surface area contributed by atoms with E-state index in [9.17, 15) is 10.5 Å². The van der Waals surface area contributed by atoms with Crippen LogP contribution in [0.1, 0.15) is 25.3 Å². The Bertz CT molecular complexity index is 834. The molecular formula is C16H13N5. The molecule has 1 aliphatic heterocycles. The Morgan fingerprint density at radius 2 is 1.76 bits per heavy atom. The van der Waals surface area contributed by atoms with Crippen molar-refractivity contribution < 1.29 is 0 Å². The van der Waals surface area contributed by atoms with Gasteiger partial charge in [0.2, 0.25) is 0 Å². The first-order valence-electron chi connectivity index (χ1n) is 6.57. The average Bonchev–Trinajstić information content (AvgIpc) is 2.93. The van der Waals surface area contributed by atoms with Gasteiger partial charge in [0.15, 0.2) is 0 Å².